The minimum absolute atomic E-state index is 0.0515. The van der Waals surface area contributed by atoms with E-state index in [-0.39, 0.29) is 17.8 Å². The van der Waals surface area contributed by atoms with Crippen LogP contribution in [0.4, 0.5) is 22.1 Å². The molecule has 5 rings (SSSR count). The predicted molar refractivity (Wildman–Crippen MR) is 115 cm³/mol. The molecule has 2 aliphatic heterocycles. The number of hydrogen-bond donors (Lipinski definition) is 2. The van der Waals surface area contributed by atoms with Gasteiger partial charge in [-0.15, -0.1) is 0 Å². The third kappa shape index (κ3) is 3.29. The lowest BCUT2D eigenvalue weighted by Crippen LogP contribution is -2.56. The summed E-state index contributed by atoms with van der Waals surface area (Å²) >= 11 is 6.14. The molecule has 9 heteroatoms. The van der Waals surface area contributed by atoms with Gasteiger partial charge in [-0.2, -0.15) is 0 Å². The zero-order chi connectivity index (χ0) is 20.7. The van der Waals surface area contributed by atoms with Crippen molar-refractivity contribution in [1.29, 1.82) is 0 Å². The second-order valence-electron chi connectivity index (χ2n) is 7.34. The number of rotatable bonds is 2. The van der Waals surface area contributed by atoms with Gasteiger partial charge in [0.05, 0.1) is 17.9 Å². The van der Waals surface area contributed by atoms with Crippen LogP contribution in [0.15, 0.2) is 48.9 Å². The second-order valence-corrected chi connectivity index (χ2v) is 7.78. The fourth-order valence-electron chi connectivity index (χ4n) is 4.12. The van der Waals surface area contributed by atoms with Gasteiger partial charge in [-0.1, -0.05) is 23.7 Å². The number of carbonyl (C=O) groups is 1. The number of carbonyl (C=O) groups excluding carboxylic acids is 1. The Morgan fingerprint density at radius 3 is 2.97 bits per heavy atom. The molecule has 2 aromatic heterocycles. The summed E-state index contributed by atoms with van der Waals surface area (Å²) in [7, 11) is 0. The first kappa shape index (κ1) is 18.6. The molecule has 2 N–H and O–H groups in total. The van der Waals surface area contributed by atoms with Crippen LogP contribution >= 0.6 is 11.6 Å². The van der Waals surface area contributed by atoms with Crippen LogP contribution in [0, 0.1) is 0 Å². The van der Waals surface area contributed by atoms with Gasteiger partial charge in [-0.05, 0) is 25.0 Å². The van der Waals surface area contributed by atoms with Gasteiger partial charge >= 0.3 is 6.03 Å². The van der Waals surface area contributed by atoms with Crippen LogP contribution in [-0.4, -0.2) is 45.2 Å². The predicted octanol–water partition coefficient (Wildman–Crippen LogP) is 3.92. The molecule has 2 aliphatic rings. The van der Waals surface area contributed by atoms with Gasteiger partial charge in [-0.25, -0.2) is 14.8 Å². The van der Waals surface area contributed by atoms with Gasteiger partial charge < -0.3 is 10.0 Å². The van der Waals surface area contributed by atoms with Crippen molar-refractivity contribution < 1.29 is 9.90 Å². The number of anilines is 3. The summed E-state index contributed by atoms with van der Waals surface area (Å²) < 4.78 is 0. The van der Waals surface area contributed by atoms with Crippen LogP contribution < -0.4 is 15.1 Å². The number of nitrogens with one attached hydrogen (secondary N) is 1. The standard InChI is InChI=1S/C21H19ClN6O2/c22-14-4-1-3-13(9-14)16-10-17(29)19-20(25-16)28(15-5-2-8-27(19)12-15)21(30)26-18-11-23-6-7-24-18/h1,3-4,6-7,9-11,15H,2,5,8,12H2,(H,25,29)(H,24,26,30)/t15-/m0/s1. The maximum absolute atomic E-state index is 13.2. The largest absolute Gasteiger partial charge is 0.506 e. The molecule has 0 spiro atoms. The summed E-state index contributed by atoms with van der Waals surface area (Å²) in [4.78, 5) is 29.9. The molecule has 30 heavy (non-hydrogen) atoms. The number of hydrogen-bond acceptors (Lipinski definition) is 6. The first-order valence-electron chi connectivity index (χ1n) is 9.71. The molecule has 1 aromatic carbocycles. The lowest BCUT2D eigenvalue weighted by atomic mass is 9.99. The lowest BCUT2D eigenvalue weighted by Gasteiger charge is -2.46. The van der Waals surface area contributed by atoms with Crippen molar-refractivity contribution in [2.45, 2.75) is 18.9 Å². The Hall–Kier alpha value is -3.39. The molecular formula is C21H19ClN6O2. The second kappa shape index (κ2) is 7.46. The lowest BCUT2D eigenvalue weighted by molar-refractivity contribution is 0.252. The Bertz CT molecular complexity index is 1110. The van der Waals surface area contributed by atoms with E-state index in [2.05, 4.69) is 20.2 Å². The SMILES string of the molecule is O=C(Nc1cnccn1)N1c2nc(-c3cccc(Cl)c3)cc(O)c2N2CCC[C@H]1C2. The number of amides is 2. The average molecular weight is 423 g/mol. The van der Waals surface area contributed by atoms with Crippen molar-refractivity contribution in [2.75, 3.05) is 28.2 Å². The van der Waals surface area contributed by atoms with Crippen LogP contribution in [0.2, 0.25) is 5.02 Å². The zero-order valence-electron chi connectivity index (χ0n) is 16.0. The van der Waals surface area contributed by atoms with Crippen LogP contribution in [0.5, 0.6) is 5.75 Å². The minimum atomic E-state index is -0.349. The van der Waals surface area contributed by atoms with E-state index >= 15 is 0 Å². The number of urea groups is 1. The molecule has 3 aromatic rings. The number of halogens is 1. The Morgan fingerprint density at radius 2 is 2.17 bits per heavy atom. The molecular weight excluding hydrogens is 404 g/mol. The van der Waals surface area contributed by atoms with Crippen LogP contribution in [0.25, 0.3) is 11.3 Å². The highest BCUT2D eigenvalue weighted by Crippen LogP contribution is 2.45. The van der Waals surface area contributed by atoms with Gasteiger partial charge in [0, 0.05) is 42.1 Å². The highest BCUT2D eigenvalue weighted by molar-refractivity contribution is 6.30. The monoisotopic (exact) mass is 422 g/mol. The van der Waals surface area contributed by atoms with Crippen LogP contribution in [-0.2, 0) is 0 Å². The fraction of sp³-hybridized carbons (Fsp3) is 0.238. The Morgan fingerprint density at radius 1 is 1.27 bits per heavy atom. The molecule has 0 radical (unpaired) electrons. The van der Waals surface area contributed by atoms with Crippen molar-refractivity contribution in [3.05, 3.63) is 53.9 Å². The van der Waals surface area contributed by atoms with Gasteiger partial charge in [-0.3, -0.25) is 15.2 Å². The highest BCUT2D eigenvalue weighted by atomic mass is 35.5. The van der Waals surface area contributed by atoms with E-state index in [4.69, 9.17) is 16.6 Å². The Labute approximate surface area is 178 Å². The summed E-state index contributed by atoms with van der Waals surface area (Å²) in [5, 5.41) is 14.2. The van der Waals surface area contributed by atoms with Crippen molar-refractivity contribution in [1.82, 2.24) is 15.0 Å². The normalized spacial score (nSPS) is 17.4. The Kier molecular flexibility index (Phi) is 4.63. The summed E-state index contributed by atoms with van der Waals surface area (Å²) in [5.41, 5.74) is 1.89. The Balaban J connectivity index is 1.60. The molecule has 0 aliphatic carbocycles. The van der Waals surface area contributed by atoms with Gasteiger partial charge in [0.15, 0.2) is 11.6 Å². The molecule has 2 amide bonds. The number of piperidine rings is 1. The van der Waals surface area contributed by atoms with Gasteiger partial charge in [0.25, 0.3) is 0 Å². The van der Waals surface area contributed by atoms with Crippen molar-refractivity contribution >= 4 is 35.0 Å². The van der Waals surface area contributed by atoms with Gasteiger partial charge in [0.1, 0.15) is 11.4 Å². The van der Waals surface area contributed by atoms with E-state index in [0.29, 0.717) is 34.6 Å². The molecule has 2 bridgehead atoms. The summed E-state index contributed by atoms with van der Waals surface area (Å²) in [6.07, 6.45) is 6.33. The van der Waals surface area contributed by atoms with Crippen LogP contribution in [0.1, 0.15) is 12.8 Å². The molecule has 0 saturated carbocycles. The quantitative estimate of drug-likeness (QED) is 0.650. The highest BCUT2D eigenvalue weighted by Gasteiger charge is 2.40. The maximum atomic E-state index is 13.2. The van der Waals surface area contributed by atoms with Crippen LogP contribution in [0.3, 0.4) is 0 Å². The number of pyridine rings is 1. The number of nitrogens with zero attached hydrogens (tertiary/aromatic N) is 5. The van der Waals surface area contributed by atoms with Gasteiger partial charge in [0.2, 0.25) is 0 Å². The number of benzene rings is 1. The summed E-state index contributed by atoms with van der Waals surface area (Å²) in [6.45, 7) is 1.46. The van der Waals surface area contributed by atoms with E-state index in [0.717, 1.165) is 24.9 Å². The molecule has 1 saturated heterocycles. The minimum Gasteiger partial charge on any atom is -0.506 e. The van der Waals surface area contributed by atoms with Crippen molar-refractivity contribution in [3.8, 4) is 17.0 Å². The summed E-state index contributed by atoms with van der Waals surface area (Å²) in [5.74, 6) is 0.882. The summed E-state index contributed by atoms with van der Waals surface area (Å²) in [6, 6.07) is 8.48. The smallest absolute Gasteiger partial charge is 0.329 e. The number of fused-ring (bicyclic) bond motifs is 4. The first-order valence-corrected chi connectivity index (χ1v) is 10.1. The van der Waals surface area contributed by atoms with E-state index in [1.54, 1.807) is 29.3 Å². The molecule has 1 fully saturated rings. The number of aromatic nitrogens is 3. The molecule has 152 valence electrons. The average Bonchev–Trinajstić information content (AvgIpc) is 2.74. The fourth-order valence-corrected chi connectivity index (χ4v) is 4.31. The molecule has 0 unspecified atom stereocenters. The topological polar surface area (TPSA) is 94.5 Å². The molecule has 4 heterocycles. The third-order valence-electron chi connectivity index (χ3n) is 5.40. The van der Waals surface area contributed by atoms with E-state index in [9.17, 15) is 9.90 Å². The van der Waals surface area contributed by atoms with Crippen molar-refractivity contribution in [3.63, 3.8) is 0 Å². The molecule has 1 atom stereocenters. The number of aromatic hydroxyl groups is 1. The van der Waals surface area contributed by atoms with E-state index in [1.165, 1.54) is 12.4 Å². The third-order valence-corrected chi connectivity index (χ3v) is 5.63. The van der Waals surface area contributed by atoms with Crippen molar-refractivity contribution in [2.24, 2.45) is 0 Å². The first-order chi connectivity index (χ1) is 14.6. The maximum Gasteiger partial charge on any atom is 0.329 e. The molecule has 8 nitrogen and oxygen atoms in total. The zero-order valence-corrected chi connectivity index (χ0v) is 16.8. The van der Waals surface area contributed by atoms with E-state index in [1.807, 2.05) is 12.1 Å². The van der Waals surface area contributed by atoms with E-state index < -0.39 is 0 Å².